The van der Waals surface area contributed by atoms with Crippen molar-refractivity contribution in [2.75, 3.05) is 16.4 Å². The molecule has 26 heavy (non-hydrogen) atoms. The van der Waals surface area contributed by atoms with Gasteiger partial charge in [0.05, 0.1) is 5.75 Å². The van der Waals surface area contributed by atoms with Crippen molar-refractivity contribution in [3.63, 3.8) is 0 Å². The van der Waals surface area contributed by atoms with Gasteiger partial charge < -0.3 is 10.6 Å². The maximum atomic E-state index is 12.2. The third-order valence-corrected chi connectivity index (χ3v) is 5.89. The monoisotopic (exact) mass is 384 g/mol. The zero-order valence-corrected chi connectivity index (χ0v) is 16.5. The van der Waals surface area contributed by atoms with Gasteiger partial charge in [0.15, 0.2) is 4.34 Å². The van der Waals surface area contributed by atoms with Crippen LogP contribution in [0.2, 0.25) is 0 Å². The van der Waals surface area contributed by atoms with E-state index in [0.29, 0.717) is 10.9 Å². The van der Waals surface area contributed by atoms with Crippen molar-refractivity contribution in [2.24, 2.45) is 0 Å². The molecule has 2 N–H and O–H groups in total. The molecule has 1 heterocycles. The zero-order valence-electron chi connectivity index (χ0n) is 14.9. The highest BCUT2D eigenvalue weighted by atomic mass is 32.2. The third kappa shape index (κ3) is 4.83. The van der Waals surface area contributed by atoms with Crippen LogP contribution in [0.1, 0.15) is 16.7 Å². The van der Waals surface area contributed by atoms with Crippen LogP contribution in [0.15, 0.2) is 46.8 Å². The second-order valence-corrected chi connectivity index (χ2v) is 8.15. The number of thioether (sulfide) groups is 1. The van der Waals surface area contributed by atoms with Crippen LogP contribution in [-0.2, 0) is 4.79 Å². The van der Waals surface area contributed by atoms with Gasteiger partial charge in [-0.15, -0.1) is 10.2 Å². The van der Waals surface area contributed by atoms with Gasteiger partial charge in [0.25, 0.3) is 0 Å². The number of nitrogens with one attached hydrogen (secondary N) is 2. The summed E-state index contributed by atoms with van der Waals surface area (Å²) in [6.45, 7) is 6.09. The first-order valence-corrected chi connectivity index (χ1v) is 9.97. The molecule has 3 rings (SSSR count). The Bertz CT molecular complexity index is 906. The number of amides is 1. The van der Waals surface area contributed by atoms with Gasteiger partial charge in [-0.1, -0.05) is 52.9 Å². The van der Waals surface area contributed by atoms with E-state index in [1.165, 1.54) is 28.7 Å². The van der Waals surface area contributed by atoms with Crippen molar-refractivity contribution in [3.8, 4) is 0 Å². The van der Waals surface area contributed by atoms with Gasteiger partial charge in [-0.3, -0.25) is 4.79 Å². The molecule has 0 unspecified atom stereocenters. The highest BCUT2D eigenvalue weighted by Crippen LogP contribution is 2.28. The van der Waals surface area contributed by atoms with Crippen molar-refractivity contribution in [3.05, 3.63) is 59.2 Å². The topological polar surface area (TPSA) is 66.9 Å². The maximum absolute atomic E-state index is 12.2. The quantitative estimate of drug-likeness (QED) is 0.589. The van der Waals surface area contributed by atoms with Gasteiger partial charge >= 0.3 is 0 Å². The number of rotatable bonds is 6. The Morgan fingerprint density at radius 1 is 1.08 bits per heavy atom. The van der Waals surface area contributed by atoms with Crippen LogP contribution < -0.4 is 10.6 Å². The van der Waals surface area contributed by atoms with Crippen molar-refractivity contribution < 1.29 is 4.79 Å². The van der Waals surface area contributed by atoms with Gasteiger partial charge in [0.2, 0.25) is 11.0 Å². The van der Waals surface area contributed by atoms with E-state index in [4.69, 9.17) is 0 Å². The molecule has 3 aromatic rings. The molecule has 2 aromatic carbocycles. The number of aryl methyl sites for hydroxylation is 2. The van der Waals surface area contributed by atoms with E-state index < -0.39 is 0 Å². The first-order chi connectivity index (χ1) is 12.5. The summed E-state index contributed by atoms with van der Waals surface area (Å²) in [5.41, 5.74) is 5.28. The summed E-state index contributed by atoms with van der Waals surface area (Å²) >= 11 is 2.82. The summed E-state index contributed by atoms with van der Waals surface area (Å²) < 4.78 is 0.760. The molecule has 0 bridgehead atoms. The van der Waals surface area contributed by atoms with E-state index >= 15 is 0 Å². The Hall–Kier alpha value is -2.38. The summed E-state index contributed by atoms with van der Waals surface area (Å²) in [7, 11) is 0. The minimum atomic E-state index is -0.0491. The normalized spacial score (nSPS) is 10.6. The third-order valence-electron chi connectivity index (χ3n) is 3.91. The zero-order chi connectivity index (χ0) is 18.5. The molecule has 0 saturated carbocycles. The number of anilines is 3. The van der Waals surface area contributed by atoms with E-state index in [0.717, 1.165) is 26.8 Å². The molecule has 0 aliphatic carbocycles. The predicted octanol–water partition coefficient (Wildman–Crippen LogP) is 4.94. The van der Waals surface area contributed by atoms with Crippen LogP contribution in [0, 0.1) is 20.8 Å². The number of carbonyl (C=O) groups excluding carboxylic acids is 1. The van der Waals surface area contributed by atoms with E-state index in [-0.39, 0.29) is 5.91 Å². The Balaban J connectivity index is 1.53. The fraction of sp³-hybridized carbons (Fsp3) is 0.211. The molecule has 0 spiro atoms. The lowest BCUT2D eigenvalue weighted by atomic mass is 10.1. The van der Waals surface area contributed by atoms with Crippen molar-refractivity contribution >= 4 is 45.5 Å². The first kappa shape index (κ1) is 18.4. The van der Waals surface area contributed by atoms with Crippen LogP contribution in [0.5, 0.6) is 0 Å². The van der Waals surface area contributed by atoms with Gasteiger partial charge in [-0.2, -0.15) is 0 Å². The van der Waals surface area contributed by atoms with Crippen LogP contribution >= 0.6 is 23.1 Å². The molecule has 5 nitrogen and oxygen atoms in total. The fourth-order valence-electron chi connectivity index (χ4n) is 2.28. The molecule has 0 saturated heterocycles. The summed E-state index contributed by atoms with van der Waals surface area (Å²) in [5, 5.41) is 15.1. The lowest BCUT2D eigenvalue weighted by Crippen LogP contribution is -2.15. The minimum Gasteiger partial charge on any atom is -0.330 e. The second kappa shape index (κ2) is 8.33. The van der Waals surface area contributed by atoms with Gasteiger partial charge in [0, 0.05) is 11.4 Å². The summed E-state index contributed by atoms with van der Waals surface area (Å²) in [6.07, 6.45) is 0. The minimum absolute atomic E-state index is 0.0491. The molecular weight excluding hydrogens is 364 g/mol. The van der Waals surface area contributed by atoms with Crippen LogP contribution in [0.3, 0.4) is 0 Å². The molecule has 0 fully saturated rings. The molecule has 1 amide bonds. The van der Waals surface area contributed by atoms with E-state index in [9.17, 15) is 4.79 Å². The number of aromatic nitrogens is 2. The van der Waals surface area contributed by atoms with E-state index in [2.05, 4.69) is 20.8 Å². The first-order valence-electron chi connectivity index (χ1n) is 8.17. The maximum Gasteiger partial charge on any atom is 0.234 e. The lowest BCUT2D eigenvalue weighted by Gasteiger charge is -2.09. The number of nitrogens with zero attached hydrogens (tertiary/aromatic N) is 2. The van der Waals surface area contributed by atoms with Crippen molar-refractivity contribution in [1.82, 2.24) is 10.2 Å². The number of carbonyl (C=O) groups is 1. The lowest BCUT2D eigenvalue weighted by molar-refractivity contribution is -0.113. The Labute approximate surface area is 161 Å². The molecule has 0 aliphatic rings. The Morgan fingerprint density at radius 3 is 2.62 bits per heavy atom. The number of hydrogen-bond acceptors (Lipinski definition) is 6. The molecule has 0 atom stereocenters. The average Bonchev–Trinajstić information content (AvgIpc) is 3.07. The highest BCUT2D eigenvalue weighted by Gasteiger charge is 2.10. The number of hydrogen-bond donors (Lipinski definition) is 2. The second-order valence-electron chi connectivity index (χ2n) is 5.95. The van der Waals surface area contributed by atoms with Crippen LogP contribution in [-0.4, -0.2) is 21.9 Å². The standard InChI is InChI=1S/C19H20N4OS2/c1-12-7-9-15(10-8-12)20-18-22-23-19(26-18)25-11-17(24)21-16-6-4-5-13(2)14(16)3/h4-10H,11H2,1-3H3,(H,20,22)(H,21,24). The molecular formula is C19H20N4OS2. The van der Waals surface area contributed by atoms with E-state index in [1.54, 1.807) is 0 Å². The summed E-state index contributed by atoms with van der Waals surface area (Å²) in [4.78, 5) is 12.2. The Kier molecular flexibility index (Phi) is 5.90. The van der Waals surface area contributed by atoms with Crippen molar-refractivity contribution in [2.45, 2.75) is 25.1 Å². The largest absolute Gasteiger partial charge is 0.330 e. The molecule has 134 valence electrons. The van der Waals surface area contributed by atoms with Crippen molar-refractivity contribution in [1.29, 1.82) is 0 Å². The summed E-state index contributed by atoms with van der Waals surface area (Å²) in [6, 6.07) is 14.0. The molecule has 7 heteroatoms. The van der Waals surface area contributed by atoms with Gasteiger partial charge in [0.1, 0.15) is 0 Å². The predicted molar refractivity (Wildman–Crippen MR) is 110 cm³/mol. The van der Waals surface area contributed by atoms with Gasteiger partial charge in [-0.25, -0.2) is 0 Å². The smallest absolute Gasteiger partial charge is 0.234 e. The fourth-order valence-corrected chi connectivity index (χ4v) is 3.85. The molecule has 0 radical (unpaired) electrons. The number of benzene rings is 2. The van der Waals surface area contributed by atoms with Gasteiger partial charge in [-0.05, 0) is 50.1 Å². The SMILES string of the molecule is Cc1ccc(Nc2nnc(SCC(=O)Nc3cccc(C)c3C)s2)cc1. The molecule has 0 aliphatic heterocycles. The van der Waals surface area contributed by atoms with E-state index in [1.807, 2.05) is 63.2 Å². The highest BCUT2D eigenvalue weighted by molar-refractivity contribution is 8.01. The molecule has 1 aromatic heterocycles. The van der Waals surface area contributed by atoms with Crippen LogP contribution in [0.4, 0.5) is 16.5 Å². The average molecular weight is 385 g/mol. The summed E-state index contributed by atoms with van der Waals surface area (Å²) in [5.74, 6) is 0.249. The van der Waals surface area contributed by atoms with Crippen LogP contribution in [0.25, 0.3) is 0 Å². The Morgan fingerprint density at radius 2 is 1.85 bits per heavy atom.